The second-order valence-corrected chi connectivity index (χ2v) is 5.20. The molecule has 0 heterocycles. The molecule has 19 heavy (non-hydrogen) atoms. The van der Waals surface area contributed by atoms with Gasteiger partial charge in [-0.2, -0.15) is 0 Å². The molecule has 0 N–H and O–H groups in total. The zero-order chi connectivity index (χ0) is 13.7. The van der Waals surface area contributed by atoms with Crippen LogP contribution in [0, 0.1) is 6.92 Å². The molecule has 0 aliphatic rings. The molecule has 0 fully saturated rings. The standard InChI is InChI=1S/C17H17ClO/c1-13-5-4-6-14(11-13)9-10-16(19)12-15-7-2-3-8-17(15)18/h2-8,11H,9-10,12H2,1H3. The summed E-state index contributed by atoms with van der Waals surface area (Å²) >= 11 is 6.05. The fourth-order valence-electron chi connectivity index (χ4n) is 2.09. The van der Waals surface area contributed by atoms with E-state index in [1.165, 1.54) is 11.1 Å². The Hall–Kier alpha value is -1.60. The Morgan fingerprint density at radius 1 is 1.11 bits per heavy atom. The third-order valence-corrected chi connectivity index (χ3v) is 3.49. The van der Waals surface area contributed by atoms with Crippen molar-refractivity contribution in [2.75, 3.05) is 0 Å². The van der Waals surface area contributed by atoms with Crippen molar-refractivity contribution in [3.05, 3.63) is 70.2 Å². The third-order valence-electron chi connectivity index (χ3n) is 3.12. The van der Waals surface area contributed by atoms with Crippen molar-refractivity contribution >= 4 is 17.4 Å². The number of benzene rings is 2. The highest BCUT2D eigenvalue weighted by Crippen LogP contribution is 2.16. The van der Waals surface area contributed by atoms with Gasteiger partial charge in [0.1, 0.15) is 5.78 Å². The van der Waals surface area contributed by atoms with E-state index in [2.05, 4.69) is 25.1 Å². The number of carbonyl (C=O) groups is 1. The topological polar surface area (TPSA) is 17.1 Å². The van der Waals surface area contributed by atoms with Gasteiger partial charge in [0, 0.05) is 17.9 Å². The molecule has 2 aromatic rings. The molecule has 0 saturated carbocycles. The fourth-order valence-corrected chi connectivity index (χ4v) is 2.30. The highest BCUT2D eigenvalue weighted by molar-refractivity contribution is 6.31. The Bertz CT molecular complexity index is 575. The van der Waals surface area contributed by atoms with Crippen molar-refractivity contribution in [1.29, 1.82) is 0 Å². The van der Waals surface area contributed by atoms with Gasteiger partial charge >= 0.3 is 0 Å². The summed E-state index contributed by atoms with van der Waals surface area (Å²) in [5, 5.41) is 0.673. The fraction of sp³-hybridized carbons (Fsp3) is 0.235. The molecule has 0 amide bonds. The summed E-state index contributed by atoms with van der Waals surface area (Å²) in [5.74, 6) is 0.231. The number of rotatable bonds is 5. The average molecular weight is 273 g/mol. The maximum atomic E-state index is 12.0. The summed E-state index contributed by atoms with van der Waals surface area (Å²) in [6.07, 6.45) is 1.78. The van der Waals surface area contributed by atoms with Gasteiger partial charge in [0.15, 0.2) is 0 Å². The lowest BCUT2D eigenvalue weighted by Gasteiger charge is -2.04. The van der Waals surface area contributed by atoms with Crippen LogP contribution in [-0.4, -0.2) is 5.78 Å². The van der Waals surface area contributed by atoms with E-state index in [1.54, 1.807) is 0 Å². The van der Waals surface area contributed by atoms with Crippen LogP contribution in [0.15, 0.2) is 48.5 Å². The first kappa shape index (κ1) is 13.8. The third kappa shape index (κ3) is 4.22. The van der Waals surface area contributed by atoms with Crippen molar-refractivity contribution in [3.8, 4) is 0 Å². The van der Waals surface area contributed by atoms with Gasteiger partial charge in [-0.3, -0.25) is 4.79 Å². The van der Waals surface area contributed by atoms with Crippen molar-refractivity contribution in [3.63, 3.8) is 0 Å². The lowest BCUT2D eigenvalue weighted by Crippen LogP contribution is -2.04. The molecule has 2 aromatic carbocycles. The normalized spacial score (nSPS) is 10.4. The molecule has 0 radical (unpaired) electrons. The Balaban J connectivity index is 1.90. The number of Topliss-reactive ketones (excluding diaryl/α,β-unsaturated/α-hetero) is 1. The smallest absolute Gasteiger partial charge is 0.137 e. The van der Waals surface area contributed by atoms with Crippen LogP contribution in [0.5, 0.6) is 0 Å². The molecule has 2 rings (SSSR count). The van der Waals surface area contributed by atoms with Crippen LogP contribution >= 0.6 is 11.6 Å². The SMILES string of the molecule is Cc1cccc(CCC(=O)Cc2ccccc2Cl)c1. The second-order valence-electron chi connectivity index (χ2n) is 4.80. The molecule has 0 spiro atoms. The first-order chi connectivity index (χ1) is 9.15. The Kier molecular flexibility index (Phi) is 4.75. The number of hydrogen-bond donors (Lipinski definition) is 0. The van der Waals surface area contributed by atoms with Crippen molar-refractivity contribution in [2.24, 2.45) is 0 Å². The molecule has 0 aromatic heterocycles. The molecule has 0 aliphatic carbocycles. The predicted molar refractivity (Wildman–Crippen MR) is 79.7 cm³/mol. The second kappa shape index (κ2) is 6.53. The number of carbonyl (C=O) groups excluding carboxylic acids is 1. The van der Waals surface area contributed by atoms with Gasteiger partial charge in [0.2, 0.25) is 0 Å². The molecular formula is C17H17ClO. The predicted octanol–water partition coefficient (Wildman–Crippen LogP) is 4.39. The summed E-state index contributed by atoms with van der Waals surface area (Å²) in [6, 6.07) is 15.8. The highest BCUT2D eigenvalue weighted by Gasteiger charge is 2.07. The van der Waals surface area contributed by atoms with Crippen LogP contribution in [0.3, 0.4) is 0 Å². The molecule has 2 heteroatoms. The maximum absolute atomic E-state index is 12.0. The van der Waals surface area contributed by atoms with Crippen molar-refractivity contribution in [2.45, 2.75) is 26.2 Å². The molecule has 0 unspecified atom stereocenters. The van der Waals surface area contributed by atoms with Crippen molar-refractivity contribution in [1.82, 2.24) is 0 Å². The number of halogens is 1. The van der Waals surface area contributed by atoms with Crippen LogP contribution in [0.25, 0.3) is 0 Å². The molecule has 0 bridgehead atoms. The van der Waals surface area contributed by atoms with E-state index < -0.39 is 0 Å². The molecule has 0 atom stereocenters. The van der Waals surface area contributed by atoms with Gasteiger partial charge in [-0.15, -0.1) is 0 Å². The molecule has 0 aliphatic heterocycles. The van der Waals surface area contributed by atoms with E-state index in [4.69, 9.17) is 11.6 Å². The van der Waals surface area contributed by atoms with Crippen LogP contribution in [0.1, 0.15) is 23.1 Å². The maximum Gasteiger partial charge on any atom is 0.137 e. The van der Waals surface area contributed by atoms with Gasteiger partial charge in [0.05, 0.1) is 0 Å². The van der Waals surface area contributed by atoms with Gasteiger partial charge in [-0.1, -0.05) is 59.6 Å². The first-order valence-electron chi connectivity index (χ1n) is 6.46. The van der Waals surface area contributed by atoms with Gasteiger partial charge < -0.3 is 0 Å². The lowest BCUT2D eigenvalue weighted by molar-refractivity contribution is -0.118. The summed E-state index contributed by atoms with van der Waals surface area (Å²) in [4.78, 5) is 12.0. The average Bonchev–Trinajstić information content (AvgIpc) is 2.39. The zero-order valence-corrected chi connectivity index (χ0v) is 11.8. The summed E-state index contributed by atoms with van der Waals surface area (Å²) in [5.41, 5.74) is 3.36. The first-order valence-corrected chi connectivity index (χ1v) is 6.83. The minimum absolute atomic E-state index is 0.231. The van der Waals surface area contributed by atoms with E-state index in [-0.39, 0.29) is 5.78 Å². The van der Waals surface area contributed by atoms with Crippen LogP contribution in [0.4, 0.5) is 0 Å². The molecular weight excluding hydrogens is 256 g/mol. The van der Waals surface area contributed by atoms with E-state index in [0.29, 0.717) is 17.9 Å². The Morgan fingerprint density at radius 3 is 2.63 bits per heavy atom. The molecule has 1 nitrogen and oxygen atoms in total. The zero-order valence-electron chi connectivity index (χ0n) is 11.0. The largest absolute Gasteiger partial charge is 0.299 e. The number of aryl methyl sites for hydroxylation is 2. The minimum atomic E-state index is 0.231. The Labute approximate surface area is 119 Å². The lowest BCUT2D eigenvalue weighted by atomic mass is 10.0. The minimum Gasteiger partial charge on any atom is -0.299 e. The highest BCUT2D eigenvalue weighted by atomic mass is 35.5. The molecule has 98 valence electrons. The van der Waals surface area contributed by atoms with E-state index >= 15 is 0 Å². The summed E-state index contributed by atoms with van der Waals surface area (Å²) in [7, 11) is 0. The summed E-state index contributed by atoms with van der Waals surface area (Å²) < 4.78 is 0. The van der Waals surface area contributed by atoms with Crippen LogP contribution in [0.2, 0.25) is 5.02 Å². The molecule has 0 saturated heterocycles. The van der Waals surface area contributed by atoms with Gasteiger partial charge in [0.25, 0.3) is 0 Å². The van der Waals surface area contributed by atoms with Gasteiger partial charge in [-0.05, 0) is 30.5 Å². The quantitative estimate of drug-likeness (QED) is 0.789. The van der Waals surface area contributed by atoms with Gasteiger partial charge in [-0.25, -0.2) is 0 Å². The van der Waals surface area contributed by atoms with E-state index in [1.807, 2.05) is 30.3 Å². The van der Waals surface area contributed by atoms with Crippen LogP contribution < -0.4 is 0 Å². The number of hydrogen-bond acceptors (Lipinski definition) is 1. The van der Waals surface area contributed by atoms with E-state index in [9.17, 15) is 4.79 Å². The summed E-state index contributed by atoms with van der Waals surface area (Å²) in [6.45, 7) is 2.06. The monoisotopic (exact) mass is 272 g/mol. The van der Waals surface area contributed by atoms with E-state index in [0.717, 1.165) is 12.0 Å². The Morgan fingerprint density at radius 2 is 1.89 bits per heavy atom. The van der Waals surface area contributed by atoms with Crippen LogP contribution in [-0.2, 0) is 17.6 Å². The van der Waals surface area contributed by atoms with Crippen molar-refractivity contribution < 1.29 is 4.79 Å². The number of ketones is 1.